The zero-order chi connectivity index (χ0) is 20.3. The van der Waals surface area contributed by atoms with Crippen molar-refractivity contribution >= 4 is 5.82 Å². The van der Waals surface area contributed by atoms with E-state index >= 15 is 0 Å². The van der Waals surface area contributed by atoms with E-state index in [9.17, 15) is 18.4 Å². The molecule has 1 aromatic heterocycles. The minimum atomic E-state index is -4.49. The maximum absolute atomic E-state index is 13.1. The molecule has 0 aliphatic heterocycles. The lowest BCUT2D eigenvalue weighted by Crippen LogP contribution is -2.05. The van der Waals surface area contributed by atoms with Gasteiger partial charge in [-0.2, -0.15) is 18.4 Å². The summed E-state index contributed by atoms with van der Waals surface area (Å²) in [6, 6.07) is 15.4. The Balaban J connectivity index is 2.13. The number of nitrogens with zero attached hydrogens (tertiary/aromatic N) is 2. The largest absolute Gasteiger partial charge is 0.494 e. The molecule has 28 heavy (non-hydrogen) atoms. The number of halogens is 3. The third-order valence-electron chi connectivity index (χ3n) is 4.12. The zero-order valence-electron chi connectivity index (χ0n) is 14.9. The second kappa shape index (κ2) is 7.61. The Morgan fingerprint density at radius 1 is 1.07 bits per heavy atom. The number of benzene rings is 2. The van der Waals surface area contributed by atoms with Crippen molar-refractivity contribution in [2.24, 2.45) is 0 Å². The van der Waals surface area contributed by atoms with Crippen LogP contribution in [0.4, 0.5) is 19.0 Å². The second-order valence-electron chi connectivity index (χ2n) is 5.96. The number of nitriles is 1. The van der Waals surface area contributed by atoms with Gasteiger partial charge in [-0.1, -0.05) is 12.1 Å². The predicted octanol–water partition coefficient (Wildman–Crippen LogP) is 5.29. The Labute approximate surface area is 160 Å². The first kappa shape index (κ1) is 19.2. The summed E-state index contributed by atoms with van der Waals surface area (Å²) in [5.41, 5.74) is 6.86. The van der Waals surface area contributed by atoms with Crippen molar-refractivity contribution in [3.05, 3.63) is 65.7 Å². The predicted molar refractivity (Wildman–Crippen MR) is 100 cm³/mol. The van der Waals surface area contributed by atoms with Gasteiger partial charge >= 0.3 is 6.18 Å². The molecule has 0 fully saturated rings. The van der Waals surface area contributed by atoms with Gasteiger partial charge in [-0.15, -0.1) is 0 Å². The van der Waals surface area contributed by atoms with Crippen molar-refractivity contribution in [2.45, 2.75) is 13.1 Å². The molecule has 0 unspecified atom stereocenters. The molecule has 0 saturated heterocycles. The average Bonchev–Trinajstić information content (AvgIpc) is 2.67. The topological polar surface area (TPSA) is 71.9 Å². The summed E-state index contributed by atoms with van der Waals surface area (Å²) in [7, 11) is 0. The number of ether oxygens (including phenoxy) is 1. The lowest BCUT2D eigenvalue weighted by Gasteiger charge is -2.13. The molecule has 2 N–H and O–H groups in total. The molecule has 0 bridgehead atoms. The Morgan fingerprint density at radius 2 is 1.79 bits per heavy atom. The first-order valence-corrected chi connectivity index (χ1v) is 8.45. The normalized spacial score (nSPS) is 11.1. The third kappa shape index (κ3) is 3.91. The molecule has 142 valence electrons. The van der Waals surface area contributed by atoms with Crippen LogP contribution < -0.4 is 10.5 Å². The number of aromatic nitrogens is 1. The average molecular weight is 383 g/mol. The molecular weight excluding hydrogens is 367 g/mol. The molecule has 0 aliphatic carbocycles. The Kier molecular flexibility index (Phi) is 5.23. The van der Waals surface area contributed by atoms with E-state index in [1.807, 2.05) is 13.0 Å². The molecule has 7 heteroatoms. The van der Waals surface area contributed by atoms with Gasteiger partial charge in [-0.05, 0) is 55.0 Å². The minimum absolute atomic E-state index is 0.0361. The van der Waals surface area contributed by atoms with Crippen molar-refractivity contribution < 1.29 is 17.9 Å². The first-order valence-electron chi connectivity index (χ1n) is 8.45. The van der Waals surface area contributed by atoms with Gasteiger partial charge in [-0.3, -0.25) is 0 Å². The van der Waals surface area contributed by atoms with E-state index in [2.05, 4.69) is 4.98 Å². The van der Waals surface area contributed by atoms with Gasteiger partial charge in [0.25, 0.3) is 0 Å². The molecule has 0 amide bonds. The summed E-state index contributed by atoms with van der Waals surface area (Å²) < 4.78 is 44.6. The first-order chi connectivity index (χ1) is 13.3. The number of nitrogen functional groups attached to an aromatic ring is 1. The summed E-state index contributed by atoms with van der Waals surface area (Å²) in [4.78, 5) is 4.24. The van der Waals surface area contributed by atoms with E-state index in [1.165, 1.54) is 12.1 Å². The number of nitrogens with two attached hydrogens (primary N) is 1. The van der Waals surface area contributed by atoms with Gasteiger partial charge < -0.3 is 10.5 Å². The summed E-state index contributed by atoms with van der Waals surface area (Å²) in [5, 5.41) is 9.44. The fourth-order valence-electron chi connectivity index (χ4n) is 2.81. The van der Waals surface area contributed by atoms with Crippen molar-refractivity contribution in [1.82, 2.24) is 4.98 Å². The molecular formula is C21H16F3N3O. The number of hydrogen-bond donors (Lipinski definition) is 1. The number of rotatable bonds is 4. The van der Waals surface area contributed by atoms with Crippen LogP contribution in [0.25, 0.3) is 22.4 Å². The maximum atomic E-state index is 13.1. The Hall–Kier alpha value is -3.53. The van der Waals surface area contributed by atoms with Crippen LogP contribution in [0.3, 0.4) is 0 Å². The fourth-order valence-corrected chi connectivity index (χ4v) is 2.81. The quantitative estimate of drug-likeness (QED) is 0.665. The van der Waals surface area contributed by atoms with Gasteiger partial charge in [0.05, 0.1) is 17.9 Å². The maximum Gasteiger partial charge on any atom is 0.416 e. The molecule has 0 spiro atoms. The van der Waals surface area contributed by atoms with E-state index in [0.29, 0.717) is 29.2 Å². The lowest BCUT2D eigenvalue weighted by molar-refractivity contribution is -0.137. The van der Waals surface area contributed by atoms with Crippen molar-refractivity contribution in [1.29, 1.82) is 5.26 Å². The number of hydrogen-bond acceptors (Lipinski definition) is 4. The molecule has 3 rings (SSSR count). The highest BCUT2D eigenvalue weighted by Gasteiger charge is 2.30. The van der Waals surface area contributed by atoms with Crippen LogP contribution in [0.5, 0.6) is 5.75 Å². The Morgan fingerprint density at radius 3 is 2.39 bits per heavy atom. The minimum Gasteiger partial charge on any atom is -0.494 e. The number of alkyl halides is 3. The molecule has 3 aromatic rings. The summed E-state index contributed by atoms with van der Waals surface area (Å²) in [6.07, 6.45) is -4.49. The monoisotopic (exact) mass is 383 g/mol. The standard InChI is InChI=1S/C21H16F3N3O/c1-2-28-16-8-6-13(7-9-16)19-11-17(18(12-25)20(26)27-19)14-4-3-5-15(10-14)21(22,23)24/h3-11H,2H2,1H3,(H2,26,27). The molecule has 0 atom stereocenters. The number of pyridine rings is 1. The van der Waals surface area contributed by atoms with Crippen LogP contribution in [-0.2, 0) is 6.18 Å². The molecule has 4 nitrogen and oxygen atoms in total. The highest BCUT2D eigenvalue weighted by molar-refractivity contribution is 5.80. The Bertz CT molecular complexity index is 1040. The van der Waals surface area contributed by atoms with Crippen LogP contribution >= 0.6 is 0 Å². The van der Waals surface area contributed by atoms with E-state index in [4.69, 9.17) is 10.5 Å². The van der Waals surface area contributed by atoms with Gasteiger partial charge in [-0.25, -0.2) is 4.98 Å². The SMILES string of the molecule is CCOc1ccc(-c2cc(-c3cccc(C(F)(F)F)c3)c(C#N)c(N)n2)cc1. The van der Waals surface area contributed by atoms with Crippen molar-refractivity contribution in [2.75, 3.05) is 12.3 Å². The molecule has 0 saturated carbocycles. The van der Waals surface area contributed by atoms with Gasteiger partial charge in [0.2, 0.25) is 0 Å². The molecule has 2 aromatic carbocycles. The van der Waals surface area contributed by atoms with E-state index in [0.717, 1.165) is 12.1 Å². The van der Waals surface area contributed by atoms with Gasteiger partial charge in [0.15, 0.2) is 0 Å². The second-order valence-corrected chi connectivity index (χ2v) is 5.96. The van der Waals surface area contributed by atoms with Crippen LogP contribution in [0.15, 0.2) is 54.6 Å². The van der Waals surface area contributed by atoms with Gasteiger partial charge in [0.1, 0.15) is 23.2 Å². The molecule has 1 heterocycles. The van der Waals surface area contributed by atoms with Crippen LogP contribution in [0.1, 0.15) is 18.1 Å². The summed E-state index contributed by atoms with van der Waals surface area (Å²) in [6.45, 7) is 2.40. The van der Waals surface area contributed by atoms with E-state index in [-0.39, 0.29) is 16.9 Å². The molecule has 0 radical (unpaired) electrons. The third-order valence-corrected chi connectivity index (χ3v) is 4.12. The molecule has 0 aliphatic rings. The highest BCUT2D eigenvalue weighted by Crippen LogP contribution is 2.35. The lowest BCUT2D eigenvalue weighted by atomic mass is 9.97. The van der Waals surface area contributed by atoms with Crippen LogP contribution in [0, 0.1) is 11.3 Å². The fraction of sp³-hybridized carbons (Fsp3) is 0.143. The zero-order valence-corrected chi connectivity index (χ0v) is 14.9. The highest BCUT2D eigenvalue weighted by atomic mass is 19.4. The van der Waals surface area contributed by atoms with E-state index in [1.54, 1.807) is 30.3 Å². The summed E-state index contributed by atoms with van der Waals surface area (Å²) >= 11 is 0. The van der Waals surface area contributed by atoms with Crippen molar-refractivity contribution in [3.8, 4) is 34.2 Å². The smallest absolute Gasteiger partial charge is 0.416 e. The van der Waals surface area contributed by atoms with Crippen LogP contribution in [-0.4, -0.2) is 11.6 Å². The van der Waals surface area contributed by atoms with Crippen LogP contribution in [0.2, 0.25) is 0 Å². The summed E-state index contributed by atoms with van der Waals surface area (Å²) in [5.74, 6) is 0.646. The number of anilines is 1. The van der Waals surface area contributed by atoms with E-state index < -0.39 is 11.7 Å². The van der Waals surface area contributed by atoms with Crippen molar-refractivity contribution in [3.63, 3.8) is 0 Å². The van der Waals surface area contributed by atoms with Gasteiger partial charge in [0, 0.05) is 11.1 Å².